The Morgan fingerprint density at radius 3 is 2.68 bits per heavy atom. The molecule has 1 amide bonds. The van der Waals surface area contributed by atoms with Crippen molar-refractivity contribution in [3.63, 3.8) is 0 Å². The minimum atomic E-state index is -3.43. The molecule has 6 heteroatoms. The number of anilines is 1. The third-order valence-electron chi connectivity index (χ3n) is 6.35. The maximum absolute atomic E-state index is 12.8. The molecule has 0 aromatic heterocycles. The largest absolute Gasteiger partial charge is 0.312 e. The Morgan fingerprint density at radius 2 is 2.04 bits per heavy atom. The number of sulfonamides is 1. The van der Waals surface area contributed by atoms with Crippen molar-refractivity contribution in [3.8, 4) is 0 Å². The van der Waals surface area contributed by atoms with E-state index in [1.54, 1.807) is 18.2 Å². The Bertz CT molecular complexity index is 803. The topological polar surface area (TPSA) is 57.7 Å². The van der Waals surface area contributed by atoms with Gasteiger partial charge in [-0.2, -0.15) is 0 Å². The van der Waals surface area contributed by atoms with E-state index in [1.807, 2.05) is 4.90 Å². The number of hydrogen-bond acceptors (Lipinski definition) is 3. The first-order chi connectivity index (χ1) is 11.9. The summed E-state index contributed by atoms with van der Waals surface area (Å²) < 4.78 is 25.8. The molecule has 1 heterocycles. The number of benzene rings is 1. The Kier molecular flexibility index (Phi) is 4.15. The molecule has 2 aliphatic carbocycles. The van der Waals surface area contributed by atoms with Crippen LogP contribution in [0.4, 0.5) is 5.69 Å². The Balaban J connectivity index is 1.51. The van der Waals surface area contributed by atoms with Crippen molar-refractivity contribution in [2.24, 2.45) is 17.8 Å². The normalized spacial score (nSPS) is 28.0. The first kappa shape index (κ1) is 17.0. The van der Waals surface area contributed by atoms with Crippen LogP contribution in [0.25, 0.3) is 0 Å². The Hall–Kier alpha value is -1.40. The molecule has 25 heavy (non-hydrogen) atoms. The lowest BCUT2D eigenvalue weighted by atomic mass is 9.86. The van der Waals surface area contributed by atoms with Gasteiger partial charge in [0, 0.05) is 32.7 Å². The second-order valence-electron chi connectivity index (χ2n) is 8.01. The molecule has 2 fully saturated rings. The van der Waals surface area contributed by atoms with Gasteiger partial charge in [-0.3, -0.25) is 4.79 Å². The molecule has 0 spiro atoms. The smallest absolute Gasteiger partial charge is 0.242 e. The highest BCUT2D eigenvalue weighted by Crippen LogP contribution is 2.49. The SMILES string of the molecule is CN(C)S(=O)(=O)c1ccc2c(c1)CCN2C(=O)C[C@H]1C[C@H]2CC[C@H]1C2. The summed E-state index contributed by atoms with van der Waals surface area (Å²) in [4.78, 5) is 15.0. The van der Waals surface area contributed by atoms with Crippen LogP contribution in [0.5, 0.6) is 0 Å². The minimum Gasteiger partial charge on any atom is -0.312 e. The maximum Gasteiger partial charge on any atom is 0.242 e. The summed E-state index contributed by atoms with van der Waals surface area (Å²) in [5.74, 6) is 2.37. The maximum atomic E-state index is 12.8. The van der Waals surface area contributed by atoms with Gasteiger partial charge in [0.15, 0.2) is 0 Å². The first-order valence-electron chi connectivity index (χ1n) is 9.22. The van der Waals surface area contributed by atoms with Gasteiger partial charge in [0.2, 0.25) is 15.9 Å². The lowest BCUT2D eigenvalue weighted by Gasteiger charge is -2.24. The van der Waals surface area contributed by atoms with Crippen molar-refractivity contribution in [1.82, 2.24) is 4.31 Å². The average molecular weight is 362 g/mol. The van der Waals surface area contributed by atoms with Crippen LogP contribution in [0.15, 0.2) is 23.1 Å². The fourth-order valence-electron chi connectivity index (χ4n) is 4.97. The van der Waals surface area contributed by atoms with E-state index in [4.69, 9.17) is 0 Å². The Labute approximate surface area is 150 Å². The van der Waals surface area contributed by atoms with E-state index in [1.165, 1.54) is 44.1 Å². The first-order valence-corrected chi connectivity index (χ1v) is 10.7. The molecule has 0 saturated heterocycles. The highest BCUT2D eigenvalue weighted by molar-refractivity contribution is 7.89. The summed E-state index contributed by atoms with van der Waals surface area (Å²) in [7, 11) is -0.360. The van der Waals surface area contributed by atoms with E-state index in [-0.39, 0.29) is 5.91 Å². The van der Waals surface area contributed by atoms with Crippen molar-refractivity contribution < 1.29 is 13.2 Å². The van der Waals surface area contributed by atoms with Crippen LogP contribution in [0.2, 0.25) is 0 Å². The van der Waals surface area contributed by atoms with Crippen molar-refractivity contribution in [3.05, 3.63) is 23.8 Å². The highest BCUT2D eigenvalue weighted by atomic mass is 32.2. The lowest BCUT2D eigenvalue weighted by molar-refractivity contribution is -0.119. The molecule has 1 aromatic carbocycles. The van der Waals surface area contributed by atoms with Crippen molar-refractivity contribution >= 4 is 21.6 Å². The van der Waals surface area contributed by atoms with Gasteiger partial charge < -0.3 is 4.90 Å². The molecule has 5 nitrogen and oxygen atoms in total. The molecular formula is C19H26N2O3S. The molecule has 0 N–H and O–H groups in total. The molecule has 3 aliphatic rings. The van der Waals surface area contributed by atoms with Crippen molar-refractivity contribution in [2.45, 2.75) is 43.4 Å². The number of nitrogens with zero attached hydrogens (tertiary/aromatic N) is 2. The molecule has 0 radical (unpaired) electrons. The van der Waals surface area contributed by atoms with Crippen LogP contribution in [0.3, 0.4) is 0 Å². The molecule has 2 bridgehead atoms. The van der Waals surface area contributed by atoms with E-state index < -0.39 is 10.0 Å². The predicted molar refractivity (Wildman–Crippen MR) is 96.9 cm³/mol. The highest BCUT2D eigenvalue weighted by Gasteiger charge is 2.41. The number of amides is 1. The zero-order chi connectivity index (χ0) is 17.8. The van der Waals surface area contributed by atoms with Crippen LogP contribution in [-0.4, -0.2) is 39.3 Å². The quantitative estimate of drug-likeness (QED) is 0.827. The summed E-state index contributed by atoms with van der Waals surface area (Å²) in [5, 5.41) is 0. The second kappa shape index (κ2) is 6.09. The van der Waals surface area contributed by atoms with Gasteiger partial charge in [-0.15, -0.1) is 0 Å². The van der Waals surface area contributed by atoms with Gasteiger partial charge in [0.1, 0.15) is 0 Å². The van der Waals surface area contributed by atoms with Gasteiger partial charge in [0.05, 0.1) is 4.90 Å². The van der Waals surface area contributed by atoms with Crippen LogP contribution < -0.4 is 4.90 Å². The predicted octanol–water partition coefficient (Wildman–Crippen LogP) is 2.65. The minimum absolute atomic E-state index is 0.208. The molecule has 4 rings (SSSR count). The van der Waals surface area contributed by atoms with Gasteiger partial charge >= 0.3 is 0 Å². The lowest BCUT2D eigenvalue weighted by Crippen LogP contribution is -2.31. The summed E-state index contributed by atoms with van der Waals surface area (Å²) in [6.07, 6.45) is 6.57. The molecule has 3 atom stereocenters. The number of carbonyl (C=O) groups excluding carboxylic acids is 1. The van der Waals surface area contributed by atoms with Gasteiger partial charge in [-0.1, -0.05) is 6.42 Å². The number of carbonyl (C=O) groups is 1. The van der Waals surface area contributed by atoms with Gasteiger partial charge in [-0.25, -0.2) is 12.7 Å². The van der Waals surface area contributed by atoms with E-state index >= 15 is 0 Å². The zero-order valence-corrected chi connectivity index (χ0v) is 15.8. The molecular weight excluding hydrogens is 336 g/mol. The summed E-state index contributed by atoms with van der Waals surface area (Å²) >= 11 is 0. The summed E-state index contributed by atoms with van der Waals surface area (Å²) in [6, 6.07) is 5.16. The van der Waals surface area contributed by atoms with E-state index in [0.29, 0.717) is 23.8 Å². The average Bonchev–Trinajstić information content (AvgIpc) is 3.28. The Morgan fingerprint density at radius 1 is 1.24 bits per heavy atom. The molecule has 1 aliphatic heterocycles. The van der Waals surface area contributed by atoms with Gasteiger partial charge in [-0.05, 0) is 67.2 Å². The summed E-state index contributed by atoms with van der Waals surface area (Å²) in [6.45, 7) is 0.667. The van der Waals surface area contributed by atoms with Crippen LogP contribution in [0, 0.1) is 17.8 Å². The zero-order valence-electron chi connectivity index (χ0n) is 14.9. The number of fused-ring (bicyclic) bond motifs is 3. The van der Waals surface area contributed by atoms with Gasteiger partial charge in [0.25, 0.3) is 0 Å². The van der Waals surface area contributed by atoms with Crippen molar-refractivity contribution in [2.75, 3.05) is 25.5 Å². The number of hydrogen-bond donors (Lipinski definition) is 0. The van der Waals surface area contributed by atoms with Crippen LogP contribution in [-0.2, 0) is 21.2 Å². The van der Waals surface area contributed by atoms with Crippen LogP contribution in [0.1, 0.15) is 37.7 Å². The standard InChI is InChI=1S/C19H26N2O3S/c1-20(2)25(23,24)17-5-6-18-15(11-17)7-8-21(18)19(22)12-16-10-13-3-4-14(16)9-13/h5-6,11,13-14,16H,3-4,7-10,12H2,1-2H3/t13-,14-,16+/m0/s1. The van der Waals surface area contributed by atoms with Crippen molar-refractivity contribution in [1.29, 1.82) is 0 Å². The summed E-state index contributed by atoms with van der Waals surface area (Å²) in [5.41, 5.74) is 1.86. The fraction of sp³-hybridized carbons (Fsp3) is 0.632. The molecule has 2 saturated carbocycles. The second-order valence-corrected chi connectivity index (χ2v) is 10.2. The molecule has 0 unspecified atom stereocenters. The fourth-order valence-corrected chi connectivity index (χ4v) is 5.92. The third kappa shape index (κ3) is 2.89. The van der Waals surface area contributed by atoms with E-state index in [0.717, 1.165) is 29.5 Å². The monoisotopic (exact) mass is 362 g/mol. The third-order valence-corrected chi connectivity index (χ3v) is 8.16. The van der Waals surface area contributed by atoms with E-state index in [2.05, 4.69) is 0 Å². The number of rotatable bonds is 4. The van der Waals surface area contributed by atoms with E-state index in [9.17, 15) is 13.2 Å². The molecule has 1 aromatic rings. The molecule has 136 valence electrons. The van der Waals surface area contributed by atoms with Crippen LogP contribution >= 0.6 is 0 Å².